The number of methoxy groups -OCH3 is 2. The topological polar surface area (TPSA) is 68.7 Å². The van der Waals surface area contributed by atoms with Crippen LogP contribution >= 0.6 is 0 Å². The Morgan fingerprint density at radius 2 is 1.68 bits per heavy atom. The Kier molecular flexibility index (Phi) is 3.66. The summed E-state index contributed by atoms with van der Waals surface area (Å²) in [6.45, 7) is 0. The van der Waals surface area contributed by atoms with E-state index in [1.54, 1.807) is 25.3 Å². The standard InChI is InChI=1S/C14H13NO4/c1-18-10-5-3-9(4-6-10)12-7-11(19-2)8-13(15-12)14(16)17/h3-8H,1-2H3,(H,16,17). The largest absolute Gasteiger partial charge is 0.497 e. The number of aromatic nitrogens is 1. The second-order valence-corrected chi connectivity index (χ2v) is 3.81. The molecule has 5 heteroatoms. The van der Waals surface area contributed by atoms with Crippen LogP contribution in [0.2, 0.25) is 0 Å². The zero-order valence-electron chi connectivity index (χ0n) is 10.6. The van der Waals surface area contributed by atoms with E-state index in [4.69, 9.17) is 14.6 Å². The van der Waals surface area contributed by atoms with Gasteiger partial charge in [-0.2, -0.15) is 0 Å². The summed E-state index contributed by atoms with van der Waals surface area (Å²) in [5, 5.41) is 9.02. The lowest BCUT2D eigenvalue weighted by Gasteiger charge is -2.07. The van der Waals surface area contributed by atoms with Crippen molar-refractivity contribution in [2.24, 2.45) is 0 Å². The molecule has 98 valence electrons. The smallest absolute Gasteiger partial charge is 0.354 e. The zero-order chi connectivity index (χ0) is 13.8. The highest BCUT2D eigenvalue weighted by Gasteiger charge is 2.10. The van der Waals surface area contributed by atoms with Crippen LogP contribution in [-0.2, 0) is 0 Å². The number of ether oxygens (including phenoxy) is 2. The molecule has 5 nitrogen and oxygen atoms in total. The first kappa shape index (κ1) is 12.9. The van der Waals surface area contributed by atoms with Crippen LogP contribution in [-0.4, -0.2) is 30.3 Å². The number of rotatable bonds is 4. The molecule has 0 unspecified atom stereocenters. The minimum absolute atomic E-state index is 0.0508. The molecular formula is C14H13NO4. The van der Waals surface area contributed by atoms with E-state index in [0.29, 0.717) is 11.4 Å². The summed E-state index contributed by atoms with van der Waals surface area (Å²) in [7, 11) is 3.07. The molecule has 19 heavy (non-hydrogen) atoms. The van der Waals surface area contributed by atoms with Gasteiger partial charge in [-0.05, 0) is 24.3 Å². The molecule has 0 amide bonds. The van der Waals surface area contributed by atoms with E-state index in [9.17, 15) is 4.79 Å². The van der Waals surface area contributed by atoms with E-state index in [2.05, 4.69) is 4.98 Å². The fourth-order valence-corrected chi connectivity index (χ4v) is 1.64. The Balaban J connectivity index is 2.47. The van der Waals surface area contributed by atoms with Crippen LogP contribution < -0.4 is 9.47 Å². The van der Waals surface area contributed by atoms with Crippen molar-refractivity contribution in [1.29, 1.82) is 0 Å². The maximum atomic E-state index is 11.0. The third kappa shape index (κ3) is 2.82. The molecule has 0 saturated carbocycles. The molecule has 0 fully saturated rings. The Hall–Kier alpha value is -2.56. The molecule has 1 aromatic heterocycles. The van der Waals surface area contributed by atoms with Gasteiger partial charge in [-0.15, -0.1) is 0 Å². The predicted octanol–water partition coefficient (Wildman–Crippen LogP) is 2.46. The molecule has 1 heterocycles. The highest BCUT2D eigenvalue weighted by molar-refractivity contribution is 5.86. The molecule has 0 aliphatic rings. The molecular weight excluding hydrogens is 246 g/mol. The van der Waals surface area contributed by atoms with Crippen molar-refractivity contribution in [1.82, 2.24) is 4.98 Å². The minimum atomic E-state index is -1.09. The minimum Gasteiger partial charge on any atom is -0.497 e. The van der Waals surface area contributed by atoms with E-state index in [0.717, 1.165) is 11.3 Å². The van der Waals surface area contributed by atoms with E-state index in [1.165, 1.54) is 13.2 Å². The fourth-order valence-electron chi connectivity index (χ4n) is 1.64. The van der Waals surface area contributed by atoms with Crippen LogP contribution in [0.4, 0.5) is 0 Å². The lowest BCUT2D eigenvalue weighted by atomic mass is 10.1. The van der Waals surface area contributed by atoms with Crippen LogP contribution in [0.25, 0.3) is 11.3 Å². The van der Waals surface area contributed by atoms with E-state index in [-0.39, 0.29) is 5.69 Å². The maximum absolute atomic E-state index is 11.0. The van der Waals surface area contributed by atoms with E-state index in [1.807, 2.05) is 12.1 Å². The van der Waals surface area contributed by atoms with Gasteiger partial charge in [0.15, 0.2) is 5.69 Å². The summed E-state index contributed by atoms with van der Waals surface area (Å²) >= 11 is 0. The van der Waals surface area contributed by atoms with Crippen molar-refractivity contribution in [3.8, 4) is 22.8 Å². The van der Waals surface area contributed by atoms with Gasteiger partial charge in [0.1, 0.15) is 11.5 Å². The molecule has 2 aromatic rings. The van der Waals surface area contributed by atoms with Gasteiger partial charge in [-0.25, -0.2) is 9.78 Å². The van der Waals surface area contributed by atoms with E-state index >= 15 is 0 Å². The predicted molar refractivity (Wildman–Crippen MR) is 69.7 cm³/mol. The van der Waals surface area contributed by atoms with Crippen molar-refractivity contribution < 1.29 is 19.4 Å². The normalized spacial score (nSPS) is 10.0. The van der Waals surface area contributed by atoms with Gasteiger partial charge in [0, 0.05) is 17.7 Å². The quantitative estimate of drug-likeness (QED) is 0.913. The van der Waals surface area contributed by atoms with E-state index < -0.39 is 5.97 Å². The lowest BCUT2D eigenvalue weighted by Crippen LogP contribution is -2.02. The van der Waals surface area contributed by atoms with Gasteiger partial charge in [-0.1, -0.05) is 0 Å². The highest BCUT2D eigenvalue weighted by atomic mass is 16.5. The monoisotopic (exact) mass is 259 g/mol. The maximum Gasteiger partial charge on any atom is 0.354 e. The zero-order valence-corrected chi connectivity index (χ0v) is 10.6. The van der Waals surface area contributed by atoms with Crippen LogP contribution in [0.1, 0.15) is 10.5 Å². The number of carboxylic acids is 1. The number of pyridine rings is 1. The number of aromatic carboxylic acids is 1. The summed E-state index contributed by atoms with van der Waals surface area (Å²) in [6.07, 6.45) is 0. The van der Waals surface area contributed by atoms with Crippen LogP contribution in [0, 0.1) is 0 Å². The number of nitrogens with zero attached hydrogens (tertiary/aromatic N) is 1. The molecule has 2 rings (SSSR count). The van der Waals surface area contributed by atoms with Crippen molar-refractivity contribution in [2.75, 3.05) is 14.2 Å². The SMILES string of the molecule is COc1ccc(-c2cc(OC)cc(C(=O)O)n2)cc1. The summed E-state index contributed by atoms with van der Waals surface area (Å²) in [4.78, 5) is 15.1. The van der Waals surface area contributed by atoms with Crippen LogP contribution in [0.5, 0.6) is 11.5 Å². The number of hydrogen-bond donors (Lipinski definition) is 1. The number of carbonyl (C=O) groups is 1. The average molecular weight is 259 g/mol. The number of benzene rings is 1. The Morgan fingerprint density at radius 3 is 2.21 bits per heavy atom. The number of hydrogen-bond acceptors (Lipinski definition) is 4. The van der Waals surface area contributed by atoms with Gasteiger partial charge >= 0.3 is 5.97 Å². The fraction of sp³-hybridized carbons (Fsp3) is 0.143. The highest BCUT2D eigenvalue weighted by Crippen LogP contribution is 2.25. The van der Waals surface area contributed by atoms with Gasteiger partial charge in [0.25, 0.3) is 0 Å². The average Bonchev–Trinajstić information content (AvgIpc) is 2.46. The lowest BCUT2D eigenvalue weighted by molar-refractivity contribution is 0.0690. The Morgan fingerprint density at radius 1 is 1.05 bits per heavy atom. The number of carboxylic acid groups (broad SMARTS) is 1. The van der Waals surface area contributed by atoms with Crippen molar-refractivity contribution >= 4 is 5.97 Å². The molecule has 0 aliphatic heterocycles. The van der Waals surface area contributed by atoms with Gasteiger partial charge in [-0.3, -0.25) is 0 Å². The molecule has 1 aromatic carbocycles. The summed E-state index contributed by atoms with van der Waals surface area (Å²) in [5.41, 5.74) is 1.28. The van der Waals surface area contributed by atoms with Gasteiger partial charge < -0.3 is 14.6 Å². The first-order chi connectivity index (χ1) is 9.13. The first-order valence-corrected chi connectivity index (χ1v) is 5.58. The third-order valence-electron chi connectivity index (χ3n) is 2.64. The summed E-state index contributed by atoms with van der Waals surface area (Å²) in [5.74, 6) is 0.0944. The Bertz CT molecular complexity index is 593. The summed E-state index contributed by atoms with van der Waals surface area (Å²) in [6, 6.07) is 10.3. The molecule has 1 N–H and O–H groups in total. The van der Waals surface area contributed by atoms with Crippen molar-refractivity contribution in [3.63, 3.8) is 0 Å². The molecule has 0 bridgehead atoms. The molecule has 0 saturated heterocycles. The van der Waals surface area contributed by atoms with Crippen molar-refractivity contribution in [3.05, 3.63) is 42.1 Å². The van der Waals surface area contributed by atoms with Crippen LogP contribution in [0.15, 0.2) is 36.4 Å². The molecule has 0 aliphatic carbocycles. The third-order valence-corrected chi connectivity index (χ3v) is 2.64. The van der Waals surface area contributed by atoms with Gasteiger partial charge in [0.2, 0.25) is 0 Å². The molecule has 0 atom stereocenters. The second kappa shape index (κ2) is 5.39. The van der Waals surface area contributed by atoms with Crippen molar-refractivity contribution in [2.45, 2.75) is 0 Å². The molecule has 0 spiro atoms. The van der Waals surface area contributed by atoms with Crippen LogP contribution in [0.3, 0.4) is 0 Å². The molecule has 0 radical (unpaired) electrons. The summed E-state index contributed by atoms with van der Waals surface area (Å²) < 4.78 is 10.2. The first-order valence-electron chi connectivity index (χ1n) is 5.58. The second-order valence-electron chi connectivity index (χ2n) is 3.81. The van der Waals surface area contributed by atoms with Gasteiger partial charge in [0.05, 0.1) is 19.9 Å². The Labute approximate surface area is 110 Å².